The van der Waals surface area contributed by atoms with E-state index in [9.17, 15) is 9.90 Å². The Morgan fingerprint density at radius 3 is 2.70 bits per heavy atom. The molecule has 23 heavy (non-hydrogen) atoms. The number of benzene rings is 2. The molecule has 0 aliphatic rings. The molecule has 0 atom stereocenters. The van der Waals surface area contributed by atoms with E-state index >= 15 is 0 Å². The zero-order valence-electron chi connectivity index (χ0n) is 11.9. The fraction of sp³-hybridized carbons (Fsp3) is 0. The number of rotatable bonds is 4. The predicted octanol–water partition coefficient (Wildman–Crippen LogP) is 3.52. The monoisotopic (exact) mass is 325 g/mol. The topological polar surface area (TPSA) is 68.0 Å². The van der Waals surface area contributed by atoms with E-state index < -0.39 is 0 Å². The van der Waals surface area contributed by atoms with Crippen LogP contribution >= 0.6 is 11.6 Å². The molecule has 0 bridgehead atoms. The van der Waals surface area contributed by atoms with Crippen molar-refractivity contribution < 1.29 is 9.90 Å². The van der Waals surface area contributed by atoms with E-state index in [-0.39, 0.29) is 16.6 Å². The molecule has 0 aliphatic heterocycles. The third-order valence-corrected chi connectivity index (χ3v) is 3.50. The Bertz CT molecular complexity index is 873. The Morgan fingerprint density at radius 2 is 1.96 bits per heavy atom. The zero-order chi connectivity index (χ0) is 16.2. The van der Waals surface area contributed by atoms with E-state index in [1.165, 1.54) is 23.0 Å². The average Bonchev–Trinajstić information content (AvgIpc) is 3.06. The summed E-state index contributed by atoms with van der Waals surface area (Å²) in [4.78, 5) is 12.4. The maximum atomic E-state index is 12.4. The summed E-state index contributed by atoms with van der Waals surface area (Å²) < 4.78 is 1.48. The van der Waals surface area contributed by atoms with Crippen molar-refractivity contribution in [3.05, 3.63) is 77.1 Å². The Morgan fingerprint density at radius 1 is 1.17 bits per heavy atom. The van der Waals surface area contributed by atoms with Crippen LogP contribution in [0.5, 0.6) is 5.75 Å². The second kappa shape index (κ2) is 6.46. The predicted molar refractivity (Wildman–Crippen MR) is 87.8 cm³/mol. The van der Waals surface area contributed by atoms with Gasteiger partial charge in [0.25, 0.3) is 0 Å². The zero-order valence-corrected chi connectivity index (χ0v) is 12.7. The summed E-state index contributed by atoms with van der Waals surface area (Å²) >= 11 is 5.84. The molecular formula is C17H12ClN3O2. The van der Waals surface area contributed by atoms with Gasteiger partial charge in [0.1, 0.15) is 11.4 Å². The Labute approximate surface area is 137 Å². The van der Waals surface area contributed by atoms with Crippen LogP contribution in [-0.2, 0) is 0 Å². The van der Waals surface area contributed by atoms with Crippen LogP contribution in [0.4, 0.5) is 0 Å². The Balaban J connectivity index is 1.86. The van der Waals surface area contributed by atoms with Gasteiger partial charge < -0.3 is 5.11 Å². The van der Waals surface area contributed by atoms with Crippen molar-refractivity contribution in [2.75, 3.05) is 0 Å². The van der Waals surface area contributed by atoms with Crippen LogP contribution in [0.25, 0.3) is 11.8 Å². The lowest BCUT2D eigenvalue weighted by atomic mass is 10.1. The minimum Gasteiger partial charge on any atom is -0.506 e. The minimum absolute atomic E-state index is 0.00139. The largest absolute Gasteiger partial charge is 0.506 e. The molecule has 114 valence electrons. The number of phenols is 1. The molecule has 5 nitrogen and oxygen atoms in total. The number of aromatic hydroxyl groups is 1. The number of allylic oxidation sites excluding steroid dienone is 1. The summed E-state index contributed by atoms with van der Waals surface area (Å²) in [5.74, 6) is -0.232. The fourth-order valence-electron chi connectivity index (χ4n) is 2.05. The number of carbonyl (C=O) groups excluding carboxylic acids is 1. The summed E-state index contributed by atoms with van der Waals surface area (Å²) in [6, 6.07) is 14.0. The summed E-state index contributed by atoms with van der Waals surface area (Å²) in [6.07, 6.45) is 4.46. The number of hydrogen-bond acceptors (Lipinski definition) is 4. The highest BCUT2D eigenvalue weighted by Gasteiger charge is 2.11. The van der Waals surface area contributed by atoms with Gasteiger partial charge >= 0.3 is 0 Å². The van der Waals surface area contributed by atoms with Crippen LogP contribution < -0.4 is 0 Å². The molecule has 3 aromatic rings. The highest BCUT2D eigenvalue weighted by molar-refractivity contribution is 6.32. The molecule has 0 amide bonds. The SMILES string of the molecule is O=C(/C=C/c1ccc(O)c(Cl)c1)c1cnnn1-c1ccccc1. The molecule has 0 saturated carbocycles. The molecule has 0 fully saturated rings. The summed E-state index contributed by atoms with van der Waals surface area (Å²) in [5, 5.41) is 17.4. The molecule has 1 aromatic heterocycles. The van der Waals surface area contributed by atoms with Gasteiger partial charge in [0.15, 0.2) is 0 Å². The van der Waals surface area contributed by atoms with E-state index in [0.29, 0.717) is 11.3 Å². The van der Waals surface area contributed by atoms with E-state index in [0.717, 1.165) is 5.69 Å². The number of para-hydroxylation sites is 1. The van der Waals surface area contributed by atoms with Gasteiger partial charge in [0.05, 0.1) is 16.9 Å². The number of aromatic nitrogens is 3. The van der Waals surface area contributed by atoms with Gasteiger partial charge in [-0.05, 0) is 35.9 Å². The molecule has 1 heterocycles. The second-order valence-electron chi connectivity index (χ2n) is 4.78. The van der Waals surface area contributed by atoms with Gasteiger partial charge in [0.2, 0.25) is 5.78 Å². The van der Waals surface area contributed by atoms with Crippen molar-refractivity contribution in [1.82, 2.24) is 15.0 Å². The van der Waals surface area contributed by atoms with Crippen LogP contribution in [0.3, 0.4) is 0 Å². The average molecular weight is 326 g/mol. The molecular weight excluding hydrogens is 314 g/mol. The van der Waals surface area contributed by atoms with Crippen LogP contribution in [0.2, 0.25) is 5.02 Å². The lowest BCUT2D eigenvalue weighted by Gasteiger charge is -2.03. The molecule has 1 N–H and O–H groups in total. The Kier molecular flexibility index (Phi) is 4.21. The van der Waals surface area contributed by atoms with Crippen molar-refractivity contribution in [2.24, 2.45) is 0 Å². The maximum absolute atomic E-state index is 12.4. The molecule has 3 rings (SSSR count). The number of nitrogens with zero attached hydrogens (tertiary/aromatic N) is 3. The number of hydrogen-bond donors (Lipinski definition) is 1. The number of phenolic OH excluding ortho intramolecular Hbond substituents is 1. The number of halogens is 1. The molecule has 0 saturated heterocycles. The van der Waals surface area contributed by atoms with Crippen molar-refractivity contribution in [3.8, 4) is 11.4 Å². The quantitative estimate of drug-likeness (QED) is 0.588. The summed E-state index contributed by atoms with van der Waals surface area (Å²) in [7, 11) is 0. The highest BCUT2D eigenvalue weighted by Crippen LogP contribution is 2.24. The van der Waals surface area contributed by atoms with Crippen LogP contribution in [0.1, 0.15) is 16.1 Å². The smallest absolute Gasteiger partial charge is 0.205 e. The van der Waals surface area contributed by atoms with Crippen LogP contribution in [0.15, 0.2) is 60.8 Å². The van der Waals surface area contributed by atoms with E-state index in [1.807, 2.05) is 30.3 Å². The minimum atomic E-state index is -0.233. The molecule has 0 radical (unpaired) electrons. The molecule has 0 aliphatic carbocycles. The fourth-order valence-corrected chi connectivity index (χ4v) is 2.24. The van der Waals surface area contributed by atoms with E-state index in [4.69, 9.17) is 11.6 Å². The number of carbonyl (C=O) groups is 1. The van der Waals surface area contributed by atoms with Crippen molar-refractivity contribution in [2.45, 2.75) is 0 Å². The lowest BCUT2D eigenvalue weighted by molar-refractivity contribution is 0.104. The van der Waals surface area contributed by atoms with Crippen LogP contribution in [0, 0.1) is 0 Å². The van der Waals surface area contributed by atoms with Crippen LogP contribution in [-0.4, -0.2) is 25.9 Å². The molecule has 0 spiro atoms. The lowest BCUT2D eigenvalue weighted by Crippen LogP contribution is -2.06. The van der Waals surface area contributed by atoms with E-state index in [1.54, 1.807) is 18.2 Å². The first-order valence-electron chi connectivity index (χ1n) is 6.82. The standard InChI is InChI=1S/C17H12ClN3O2/c18-14-10-12(6-8-16(14)22)7-9-17(23)15-11-19-20-21(15)13-4-2-1-3-5-13/h1-11,22H/b9-7+. The highest BCUT2D eigenvalue weighted by atomic mass is 35.5. The summed E-state index contributed by atoms with van der Waals surface area (Å²) in [6.45, 7) is 0. The van der Waals surface area contributed by atoms with Crippen molar-refractivity contribution in [3.63, 3.8) is 0 Å². The van der Waals surface area contributed by atoms with Crippen molar-refractivity contribution >= 4 is 23.5 Å². The third kappa shape index (κ3) is 3.30. The Hall–Kier alpha value is -2.92. The third-order valence-electron chi connectivity index (χ3n) is 3.20. The molecule has 6 heteroatoms. The van der Waals surface area contributed by atoms with Gasteiger partial charge in [-0.3, -0.25) is 4.79 Å². The first kappa shape index (κ1) is 15.0. The summed E-state index contributed by atoms with van der Waals surface area (Å²) in [5.41, 5.74) is 1.83. The molecule has 0 unspecified atom stereocenters. The van der Waals surface area contributed by atoms with E-state index in [2.05, 4.69) is 10.3 Å². The van der Waals surface area contributed by atoms with Gasteiger partial charge in [-0.1, -0.05) is 47.2 Å². The molecule has 2 aromatic carbocycles. The van der Waals surface area contributed by atoms with Gasteiger partial charge in [-0.25, -0.2) is 4.68 Å². The van der Waals surface area contributed by atoms with Crippen molar-refractivity contribution in [1.29, 1.82) is 0 Å². The maximum Gasteiger partial charge on any atom is 0.205 e. The first-order valence-corrected chi connectivity index (χ1v) is 7.20. The van der Waals surface area contributed by atoms with Gasteiger partial charge in [-0.2, -0.15) is 0 Å². The normalized spacial score (nSPS) is 11.0. The van der Waals surface area contributed by atoms with Gasteiger partial charge in [-0.15, -0.1) is 5.10 Å². The second-order valence-corrected chi connectivity index (χ2v) is 5.18. The van der Waals surface area contributed by atoms with Gasteiger partial charge in [0, 0.05) is 0 Å². The number of ketones is 1. The first-order chi connectivity index (χ1) is 11.1.